The van der Waals surface area contributed by atoms with Crippen molar-refractivity contribution in [1.29, 1.82) is 0 Å². The molecule has 0 radical (unpaired) electrons. The largest absolute Gasteiger partial charge is 0.449 e. The van der Waals surface area contributed by atoms with Crippen molar-refractivity contribution in [3.8, 4) is 11.8 Å². The lowest BCUT2D eigenvalue weighted by molar-refractivity contribution is -0.145. The predicted octanol–water partition coefficient (Wildman–Crippen LogP) is 6.16. The molecule has 0 rings (SSSR count). The van der Waals surface area contributed by atoms with E-state index in [1.54, 1.807) is 6.92 Å². The van der Waals surface area contributed by atoms with Crippen LogP contribution < -0.4 is 0 Å². The highest BCUT2D eigenvalue weighted by Gasteiger charge is 2.06. The van der Waals surface area contributed by atoms with Crippen molar-refractivity contribution in [3.05, 3.63) is 12.2 Å². The molecule has 0 aliphatic heterocycles. The molecule has 1 atom stereocenters. The van der Waals surface area contributed by atoms with Crippen LogP contribution in [-0.4, -0.2) is 18.4 Å². The van der Waals surface area contributed by atoms with Gasteiger partial charge in [-0.2, -0.15) is 0 Å². The van der Waals surface area contributed by atoms with Gasteiger partial charge >= 0.3 is 5.97 Å². The Morgan fingerprint density at radius 1 is 0.885 bits per heavy atom. The number of carbonyl (C=O) groups is 2. The standard InChI is InChI=1S/C23H38O3/c1-3-4-5-6-7-8-9-10-11-12-13-14-15-16-17-20-23(25)26-22(2)19-18-21-24/h10-11,21-22H,3-9,12-17,20H2,1-2H3/b11-10-. The SMILES string of the molecule is CCCCCCCC/C=C\CCCCCCCC(=O)OC(C)C#CC=O. The van der Waals surface area contributed by atoms with E-state index in [0.29, 0.717) is 12.7 Å². The molecule has 0 aliphatic carbocycles. The van der Waals surface area contributed by atoms with E-state index in [1.165, 1.54) is 70.6 Å². The van der Waals surface area contributed by atoms with E-state index < -0.39 is 6.10 Å². The number of carbonyl (C=O) groups excluding carboxylic acids is 2. The van der Waals surface area contributed by atoms with Crippen LogP contribution in [0.5, 0.6) is 0 Å². The number of esters is 1. The van der Waals surface area contributed by atoms with Gasteiger partial charge in [0.25, 0.3) is 0 Å². The molecule has 0 amide bonds. The summed E-state index contributed by atoms with van der Waals surface area (Å²) in [6.07, 6.45) is 21.2. The minimum Gasteiger partial charge on any atom is -0.449 e. The zero-order valence-corrected chi connectivity index (χ0v) is 16.9. The summed E-state index contributed by atoms with van der Waals surface area (Å²) in [4.78, 5) is 21.7. The fourth-order valence-electron chi connectivity index (χ4n) is 2.78. The summed E-state index contributed by atoms with van der Waals surface area (Å²) in [7, 11) is 0. The molecule has 3 heteroatoms. The highest BCUT2D eigenvalue weighted by molar-refractivity contribution is 5.73. The molecular weight excluding hydrogens is 324 g/mol. The minimum absolute atomic E-state index is 0.227. The van der Waals surface area contributed by atoms with E-state index in [-0.39, 0.29) is 5.97 Å². The van der Waals surface area contributed by atoms with Gasteiger partial charge in [0, 0.05) is 6.42 Å². The summed E-state index contributed by atoms with van der Waals surface area (Å²) < 4.78 is 5.09. The van der Waals surface area contributed by atoms with Gasteiger partial charge in [0.1, 0.15) is 0 Å². The molecule has 0 spiro atoms. The Bertz CT molecular complexity index is 428. The van der Waals surface area contributed by atoms with Crippen LogP contribution in [-0.2, 0) is 14.3 Å². The van der Waals surface area contributed by atoms with E-state index in [1.807, 2.05) is 0 Å². The number of rotatable bonds is 16. The van der Waals surface area contributed by atoms with E-state index in [9.17, 15) is 9.59 Å². The first-order valence-electron chi connectivity index (χ1n) is 10.5. The molecule has 0 saturated heterocycles. The third kappa shape index (κ3) is 18.8. The Morgan fingerprint density at radius 2 is 1.42 bits per heavy atom. The van der Waals surface area contributed by atoms with Gasteiger partial charge in [-0.3, -0.25) is 9.59 Å². The number of unbranched alkanes of at least 4 members (excludes halogenated alkanes) is 11. The first kappa shape index (κ1) is 24.4. The Morgan fingerprint density at radius 3 is 2.00 bits per heavy atom. The van der Waals surface area contributed by atoms with Crippen LogP contribution in [0.2, 0.25) is 0 Å². The molecule has 1 unspecified atom stereocenters. The molecule has 0 aromatic rings. The van der Waals surface area contributed by atoms with Crippen molar-refractivity contribution in [1.82, 2.24) is 0 Å². The lowest BCUT2D eigenvalue weighted by Crippen LogP contribution is -2.12. The lowest BCUT2D eigenvalue weighted by Gasteiger charge is -2.06. The van der Waals surface area contributed by atoms with Crippen molar-refractivity contribution >= 4 is 12.3 Å². The van der Waals surface area contributed by atoms with Crippen LogP contribution in [0, 0.1) is 11.8 Å². The number of hydrogen-bond acceptors (Lipinski definition) is 3. The first-order valence-corrected chi connectivity index (χ1v) is 10.5. The summed E-state index contributed by atoms with van der Waals surface area (Å²) in [5.74, 6) is 4.59. The maximum absolute atomic E-state index is 11.6. The maximum Gasteiger partial charge on any atom is 0.307 e. The fourth-order valence-corrected chi connectivity index (χ4v) is 2.78. The molecule has 0 bridgehead atoms. The molecule has 0 heterocycles. The Balaban J connectivity index is 3.34. The van der Waals surface area contributed by atoms with Gasteiger partial charge in [-0.05, 0) is 44.9 Å². The molecule has 0 N–H and O–H groups in total. The Hall–Kier alpha value is -1.56. The smallest absolute Gasteiger partial charge is 0.307 e. The van der Waals surface area contributed by atoms with Crippen LogP contribution in [0.3, 0.4) is 0 Å². The van der Waals surface area contributed by atoms with Crippen molar-refractivity contribution in [2.24, 2.45) is 0 Å². The summed E-state index contributed by atoms with van der Waals surface area (Å²) >= 11 is 0. The summed E-state index contributed by atoms with van der Waals surface area (Å²) in [6.45, 7) is 3.93. The maximum atomic E-state index is 11.6. The van der Waals surface area contributed by atoms with E-state index >= 15 is 0 Å². The van der Waals surface area contributed by atoms with Gasteiger partial charge in [0.2, 0.25) is 0 Å². The molecular formula is C23H38O3. The van der Waals surface area contributed by atoms with Gasteiger partial charge in [-0.15, -0.1) is 0 Å². The van der Waals surface area contributed by atoms with Gasteiger partial charge in [-0.25, -0.2) is 0 Å². The van der Waals surface area contributed by atoms with Crippen LogP contribution in [0.1, 0.15) is 104 Å². The minimum atomic E-state index is -0.504. The average Bonchev–Trinajstić information content (AvgIpc) is 2.63. The van der Waals surface area contributed by atoms with Crippen LogP contribution in [0.25, 0.3) is 0 Å². The van der Waals surface area contributed by atoms with E-state index in [0.717, 1.165) is 12.8 Å². The molecule has 0 aromatic heterocycles. The number of hydrogen-bond donors (Lipinski definition) is 0. The van der Waals surface area contributed by atoms with Gasteiger partial charge in [0.15, 0.2) is 12.4 Å². The first-order chi connectivity index (χ1) is 12.7. The molecule has 0 aromatic carbocycles. The summed E-state index contributed by atoms with van der Waals surface area (Å²) in [6, 6.07) is 0. The van der Waals surface area contributed by atoms with Crippen LogP contribution in [0.15, 0.2) is 12.2 Å². The number of ether oxygens (including phenoxy) is 1. The van der Waals surface area contributed by atoms with Crippen molar-refractivity contribution in [2.75, 3.05) is 0 Å². The zero-order valence-electron chi connectivity index (χ0n) is 16.9. The number of aldehydes is 1. The topological polar surface area (TPSA) is 43.4 Å². The van der Waals surface area contributed by atoms with E-state index in [4.69, 9.17) is 4.74 Å². The average molecular weight is 363 g/mol. The highest BCUT2D eigenvalue weighted by atomic mass is 16.5. The third-order valence-corrected chi connectivity index (χ3v) is 4.30. The second-order valence-corrected chi connectivity index (χ2v) is 6.87. The van der Waals surface area contributed by atoms with E-state index in [2.05, 4.69) is 30.9 Å². The van der Waals surface area contributed by atoms with Gasteiger partial charge in [-0.1, -0.05) is 76.4 Å². The molecule has 0 saturated carbocycles. The second-order valence-electron chi connectivity index (χ2n) is 6.87. The second kappa shape index (κ2) is 19.8. The highest BCUT2D eigenvalue weighted by Crippen LogP contribution is 2.10. The van der Waals surface area contributed by atoms with Crippen LogP contribution in [0.4, 0.5) is 0 Å². The monoisotopic (exact) mass is 362 g/mol. The van der Waals surface area contributed by atoms with Crippen molar-refractivity contribution in [3.63, 3.8) is 0 Å². The Kier molecular flexibility index (Phi) is 18.6. The zero-order chi connectivity index (χ0) is 19.3. The van der Waals surface area contributed by atoms with Gasteiger partial charge in [0.05, 0.1) is 0 Å². The molecule has 0 fully saturated rings. The van der Waals surface area contributed by atoms with Crippen LogP contribution >= 0.6 is 0 Å². The lowest BCUT2D eigenvalue weighted by atomic mass is 10.1. The quantitative estimate of drug-likeness (QED) is 0.109. The molecule has 0 aliphatic rings. The normalized spacial score (nSPS) is 11.8. The summed E-state index contributed by atoms with van der Waals surface area (Å²) in [5.41, 5.74) is 0. The van der Waals surface area contributed by atoms with Gasteiger partial charge < -0.3 is 4.74 Å². The fraction of sp³-hybridized carbons (Fsp3) is 0.739. The molecule has 148 valence electrons. The molecule has 26 heavy (non-hydrogen) atoms. The number of allylic oxidation sites excluding steroid dienone is 2. The molecule has 3 nitrogen and oxygen atoms in total. The third-order valence-electron chi connectivity index (χ3n) is 4.30. The van der Waals surface area contributed by atoms with Crippen molar-refractivity contribution in [2.45, 2.75) is 110 Å². The predicted molar refractivity (Wildman–Crippen MR) is 109 cm³/mol. The summed E-state index contributed by atoms with van der Waals surface area (Å²) in [5, 5.41) is 0. The Labute approximate surface area is 161 Å². The van der Waals surface area contributed by atoms with Crippen molar-refractivity contribution < 1.29 is 14.3 Å².